The van der Waals surface area contributed by atoms with Crippen LogP contribution in [0.15, 0.2) is 54.9 Å². The standard InChI is InChI=1S/C30H32F2N6O3/c1-17-7-8-20-21(9-10-23(32)25(20)33)26(17)40-27-22(6-5-12-34-27)24-11-13-35-28(37-24)36-19-14-18(31)15-38(16-19)29(39)41-30(2,3)4/h5-13,18-19H,14-16,33H2,1-4H3,(H,35,36,37)/t18-,19-/m0/s1. The minimum Gasteiger partial charge on any atom is -0.444 e. The summed E-state index contributed by atoms with van der Waals surface area (Å²) in [4.78, 5) is 27.3. The second kappa shape index (κ2) is 11.1. The number of fused-ring (bicyclic) bond motifs is 1. The highest BCUT2D eigenvalue weighted by molar-refractivity contribution is 5.98. The van der Waals surface area contributed by atoms with Gasteiger partial charge in [-0.05, 0) is 63.6 Å². The van der Waals surface area contributed by atoms with Crippen molar-refractivity contribution in [2.75, 3.05) is 24.1 Å². The predicted octanol–water partition coefficient (Wildman–Crippen LogP) is 6.27. The third-order valence-electron chi connectivity index (χ3n) is 6.62. The average Bonchev–Trinajstić information content (AvgIpc) is 2.91. The maximum absolute atomic E-state index is 14.6. The van der Waals surface area contributed by atoms with Crippen LogP contribution in [-0.4, -0.2) is 56.8 Å². The summed E-state index contributed by atoms with van der Waals surface area (Å²) in [5.41, 5.74) is 7.27. The second-order valence-corrected chi connectivity index (χ2v) is 11.1. The first-order chi connectivity index (χ1) is 19.5. The van der Waals surface area contributed by atoms with E-state index in [1.54, 1.807) is 57.4 Å². The van der Waals surface area contributed by atoms with Crippen LogP contribution in [0.5, 0.6) is 11.6 Å². The van der Waals surface area contributed by atoms with Gasteiger partial charge in [-0.1, -0.05) is 12.1 Å². The number of aryl methyl sites for hydroxylation is 1. The van der Waals surface area contributed by atoms with Crippen molar-refractivity contribution in [2.24, 2.45) is 0 Å². The third-order valence-corrected chi connectivity index (χ3v) is 6.62. The van der Waals surface area contributed by atoms with E-state index >= 15 is 0 Å². The number of alkyl halides is 1. The maximum Gasteiger partial charge on any atom is 0.410 e. The Morgan fingerprint density at radius 1 is 1.07 bits per heavy atom. The SMILES string of the molecule is Cc1ccc2c(N)c(F)ccc2c1Oc1ncccc1-c1ccnc(N[C@H]2C[C@H](F)CN(C(=O)OC(C)(C)C)C2)n1. The van der Waals surface area contributed by atoms with E-state index < -0.39 is 29.7 Å². The van der Waals surface area contributed by atoms with Gasteiger partial charge in [0.1, 0.15) is 23.3 Å². The molecule has 11 heteroatoms. The fourth-order valence-corrected chi connectivity index (χ4v) is 4.76. The van der Waals surface area contributed by atoms with Crippen LogP contribution in [0.3, 0.4) is 0 Å². The Morgan fingerprint density at radius 3 is 2.63 bits per heavy atom. The number of hydrogen-bond donors (Lipinski definition) is 2. The number of nitrogens with two attached hydrogens (primary N) is 1. The molecule has 1 aliphatic heterocycles. The van der Waals surface area contributed by atoms with Crippen molar-refractivity contribution in [1.29, 1.82) is 0 Å². The number of anilines is 2. The Bertz CT molecular complexity index is 1590. The van der Waals surface area contributed by atoms with E-state index in [0.717, 1.165) is 5.56 Å². The number of aromatic nitrogens is 3. The lowest BCUT2D eigenvalue weighted by Crippen LogP contribution is -2.51. The molecule has 3 N–H and O–H groups in total. The van der Waals surface area contributed by atoms with Gasteiger partial charge in [0.25, 0.3) is 0 Å². The Labute approximate surface area is 236 Å². The molecule has 1 amide bonds. The first kappa shape index (κ1) is 28.0. The van der Waals surface area contributed by atoms with Crippen molar-refractivity contribution in [3.63, 3.8) is 0 Å². The minimum atomic E-state index is -1.22. The highest BCUT2D eigenvalue weighted by Crippen LogP contribution is 2.38. The molecule has 2 aromatic heterocycles. The molecule has 0 saturated carbocycles. The molecule has 0 unspecified atom stereocenters. The van der Waals surface area contributed by atoms with Gasteiger partial charge < -0.3 is 25.4 Å². The third kappa shape index (κ3) is 6.29. The number of halogens is 2. The second-order valence-electron chi connectivity index (χ2n) is 11.1. The van der Waals surface area contributed by atoms with E-state index in [2.05, 4.69) is 20.3 Å². The van der Waals surface area contributed by atoms with Crippen molar-refractivity contribution in [2.45, 2.75) is 51.9 Å². The molecule has 2 atom stereocenters. The molecule has 4 aromatic rings. The summed E-state index contributed by atoms with van der Waals surface area (Å²) in [6, 6.07) is 11.4. The van der Waals surface area contributed by atoms with Crippen LogP contribution >= 0.6 is 0 Å². The number of piperidine rings is 1. The number of rotatable bonds is 5. The first-order valence-electron chi connectivity index (χ1n) is 13.3. The number of nitrogens with zero attached hydrogens (tertiary/aromatic N) is 4. The monoisotopic (exact) mass is 562 g/mol. The minimum absolute atomic E-state index is 0.0315. The summed E-state index contributed by atoms with van der Waals surface area (Å²) in [5.74, 6) is 0.552. The summed E-state index contributed by atoms with van der Waals surface area (Å²) in [7, 11) is 0. The Balaban J connectivity index is 1.40. The molecule has 1 saturated heterocycles. The van der Waals surface area contributed by atoms with Gasteiger partial charge in [-0.15, -0.1) is 0 Å². The molecular weight excluding hydrogens is 530 g/mol. The summed E-state index contributed by atoms with van der Waals surface area (Å²) in [6.07, 6.45) is 1.59. The number of nitrogens with one attached hydrogen (secondary N) is 1. The number of amides is 1. The molecule has 41 heavy (non-hydrogen) atoms. The molecule has 0 spiro atoms. The molecular formula is C30H32F2N6O3. The van der Waals surface area contributed by atoms with Gasteiger partial charge in [-0.25, -0.2) is 28.5 Å². The summed E-state index contributed by atoms with van der Waals surface area (Å²) < 4.78 is 40.4. The van der Waals surface area contributed by atoms with Crippen LogP contribution in [0.25, 0.3) is 22.0 Å². The highest BCUT2D eigenvalue weighted by Gasteiger charge is 2.33. The molecule has 0 aliphatic carbocycles. The number of likely N-dealkylation sites (tertiary alicyclic amines) is 1. The Hall–Kier alpha value is -4.54. The number of nitrogen functional groups attached to an aromatic ring is 1. The van der Waals surface area contributed by atoms with Gasteiger partial charge in [0, 0.05) is 42.2 Å². The number of carbonyl (C=O) groups excluding carboxylic acids is 1. The van der Waals surface area contributed by atoms with Gasteiger partial charge in [0.05, 0.1) is 23.5 Å². The zero-order valence-electron chi connectivity index (χ0n) is 23.3. The zero-order chi connectivity index (χ0) is 29.3. The van der Waals surface area contributed by atoms with Crippen LogP contribution in [0, 0.1) is 12.7 Å². The number of benzene rings is 2. The molecule has 1 fully saturated rings. The van der Waals surface area contributed by atoms with Crippen LogP contribution in [0.4, 0.5) is 25.2 Å². The fourth-order valence-electron chi connectivity index (χ4n) is 4.76. The molecule has 2 aromatic carbocycles. The van der Waals surface area contributed by atoms with E-state index in [0.29, 0.717) is 27.8 Å². The Kier molecular flexibility index (Phi) is 7.61. The summed E-state index contributed by atoms with van der Waals surface area (Å²) >= 11 is 0. The Morgan fingerprint density at radius 2 is 1.85 bits per heavy atom. The quantitative estimate of drug-likeness (QED) is 0.273. The topological polar surface area (TPSA) is 115 Å². The van der Waals surface area contributed by atoms with Crippen molar-refractivity contribution in [1.82, 2.24) is 19.9 Å². The van der Waals surface area contributed by atoms with E-state index in [-0.39, 0.29) is 37.0 Å². The molecule has 9 nitrogen and oxygen atoms in total. The van der Waals surface area contributed by atoms with E-state index in [4.69, 9.17) is 15.2 Å². The number of hydrogen-bond acceptors (Lipinski definition) is 8. The molecule has 0 radical (unpaired) electrons. The van der Waals surface area contributed by atoms with Crippen molar-refractivity contribution in [3.8, 4) is 22.9 Å². The molecule has 3 heterocycles. The van der Waals surface area contributed by atoms with Crippen LogP contribution in [-0.2, 0) is 4.74 Å². The van der Waals surface area contributed by atoms with E-state index in [1.807, 2.05) is 19.1 Å². The number of ether oxygens (including phenoxy) is 2. The normalized spacial score (nSPS) is 17.4. The van der Waals surface area contributed by atoms with Gasteiger partial charge in [-0.3, -0.25) is 0 Å². The van der Waals surface area contributed by atoms with Gasteiger partial charge >= 0.3 is 6.09 Å². The van der Waals surface area contributed by atoms with Crippen LogP contribution in [0.1, 0.15) is 32.8 Å². The molecule has 214 valence electrons. The zero-order valence-corrected chi connectivity index (χ0v) is 23.3. The number of carbonyl (C=O) groups is 1. The van der Waals surface area contributed by atoms with Crippen molar-refractivity contribution >= 4 is 28.5 Å². The van der Waals surface area contributed by atoms with E-state index in [9.17, 15) is 13.6 Å². The highest BCUT2D eigenvalue weighted by atomic mass is 19.1. The van der Waals surface area contributed by atoms with Crippen molar-refractivity contribution in [3.05, 3.63) is 66.2 Å². The first-order valence-corrected chi connectivity index (χ1v) is 13.3. The average molecular weight is 563 g/mol. The fraction of sp³-hybridized carbons (Fsp3) is 0.333. The lowest BCUT2D eigenvalue weighted by molar-refractivity contribution is 0.0124. The van der Waals surface area contributed by atoms with Crippen LogP contribution < -0.4 is 15.8 Å². The summed E-state index contributed by atoms with van der Waals surface area (Å²) in [6.45, 7) is 7.40. The lowest BCUT2D eigenvalue weighted by Gasteiger charge is -2.36. The summed E-state index contributed by atoms with van der Waals surface area (Å²) in [5, 5.41) is 4.35. The molecule has 0 bridgehead atoms. The molecule has 5 rings (SSSR count). The molecule has 1 aliphatic rings. The lowest BCUT2D eigenvalue weighted by atomic mass is 10.0. The van der Waals surface area contributed by atoms with Gasteiger partial charge in [-0.2, -0.15) is 0 Å². The van der Waals surface area contributed by atoms with Crippen molar-refractivity contribution < 1.29 is 23.0 Å². The van der Waals surface area contributed by atoms with E-state index in [1.165, 1.54) is 11.0 Å². The van der Waals surface area contributed by atoms with Crippen LogP contribution in [0.2, 0.25) is 0 Å². The van der Waals surface area contributed by atoms with Gasteiger partial charge in [0.15, 0.2) is 0 Å². The maximum atomic E-state index is 14.6. The predicted molar refractivity (Wildman–Crippen MR) is 153 cm³/mol. The largest absolute Gasteiger partial charge is 0.444 e. The van der Waals surface area contributed by atoms with Gasteiger partial charge in [0.2, 0.25) is 11.8 Å². The smallest absolute Gasteiger partial charge is 0.410 e. The number of pyridine rings is 1.